The molecule has 0 bridgehead atoms. The molecule has 178 valence electrons. The first kappa shape index (κ1) is 26.1. The van der Waals surface area contributed by atoms with Crippen molar-refractivity contribution in [2.45, 2.75) is 57.5 Å². The Kier molecular flexibility index (Phi) is 9.47. The summed E-state index contributed by atoms with van der Waals surface area (Å²) >= 11 is 5.80. The van der Waals surface area contributed by atoms with Crippen LogP contribution in [0.15, 0.2) is 36.7 Å². The quantitative estimate of drug-likeness (QED) is 0.154. The number of hydrogen-bond donors (Lipinski definition) is 0. The van der Waals surface area contributed by atoms with E-state index in [1.54, 1.807) is 6.92 Å². The SMILES string of the molecule is CCCCOC(C)OC(F)(F)C(F)(F)Oc1ccc(-c2ncc(OCC(C)Cl)cn2)cc1. The minimum Gasteiger partial charge on any atom is -0.489 e. The van der Waals surface area contributed by atoms with Gasteiger partial charge in [-0.1, -0.05) is 13.3 Å². The van der Waals surface area contributed by atoms with Crippen molar-refractivity contribution in [3.8, 4) is 22.9 Å². The van der Waals surface area contributed by atoms with Crippen molar-refractivity contribution in [3.63, 3.8) is 0 Å². The van der Waals surface area contributed by atoms with E-state index in [9.17, 15) is 17.6 Å². The van der Waals surface area contributed by atoms with E-state index in [0.717, 1.165) is 25.5 Å². The fraction of sp³-hybridized carbons (Fsp3) is 0.524. The van der Waals surface area contributed by atoms with E-state index in [2.05, 4.69) is 19.4 Å². The summed E-state index contributed by atoms with van der Waals surface area (Å²) in [6.45, 7) is 5.15. The Bertz CT molecular complexity index is 824. The molecule has 6 nitrogen and oxygen atoms in total. The molecule has 0 spiro atoms. The third kappa shape index (κ3) is 7.75. The minimum absolute atomic E-state index is 0.114. The predicted molar refractivity (Wildman–Crippen MR) is 110 cm³/mol. The van der Waals surface area contributed by atoms with E-state index in [0.29, 0.717) is 17.7 Å². The van der Waals surface area contributed by atoms with Gasteiger partial charge in [0.2, 0.25) is 0 Å². The average molecular weight is 481 g/mol. The van der Waals surface area contributed by atoms with Crippen molar-refractivity contribution in [2.24, 2.45) is 0 Å². The van der Waals surface area contributed by atoms with Gasteiger partial charge in [-0.2, -0.15) is 17.6 Å². The zero-order chi connectivity index (χ0) is 23.8. The molecule has 2 aromatic rings. The Morgan fingerprint density at radius 1 is 0.969 bits per heavy atom. The highest BCUT2D eigenvalue weighted by atomic mass is 35.5. The summed E-state index contributed by atoms with van der Waals surface area (Å²) in [5, 5.41) is -0.185. The molecule has 1 aromatic heterocycles. The van der Waals surface area contributed by atoms with Gasteiger partial charge in [-0.3, -0.25) is 4.74 Å². The topological polar surface area (TPSA) is 62.7 Å². The summed E-state index contributed by atoms with van der Waals surface area (Å²) in [4.78, 5) is 8.22. The molecular formula is C21H25ClF4N2O4. The molecule has 0 radical (unpaired) electrons. The molecule has 0 saturated heterocycles. The molecule has 32 heavy (non-hydrogen) atoms. The Balaban J connectivity index is 1.99. The molecule has 0 aliphatic heterocycles. The molecule has 1 aromatic carbocycles. The third-order valence-corrected chi connectivity index (χ3v) is 4.10. The molecule has 0 aliphatic carbocycles. The summed E-state index contributed by atoms with van der Waals surface area (Å²) in [6.07, 6.45) is -7.16. The monoisotopic (exact) mass is 480 g/mol. The molecule has 2 atom stereocenters. The first-order chi connectivity index (χ1) is 15.0. The highest BCUT2D eigenvalue weighted by molar-refractivity contribution is 6.20. The number of hydrogen-bond acceptors (Lipinski definition) is 6. The van der Waals surface area contributed by atoms with Gasteiger partial charge in [0, 0.05) is 12.2 Å². The van der Waals surface area contributed by atoms with Crippen molar-refractivity contribution in [1.82, 2.24) is 9.97 Å². The van der Waals surface area contributed by atoms with Crippen molar-refractivity contribution < 1.29 is 36.5 Å². The summed E-state index contributed by atoms with van der Waals surface area (Å²) in [5.74, 6) is 0.204. The first-order valence-corrected chi connectivity index (χ1v) is 10.4. The summed E-state index contributed by atoms with van der Waals surface area (Å²) < 4.78 is 74.5. The highest BCUT2D eigenvalue weighted by Gasteiger charge is 2.62. The van der Waals surface area contributed by atoms with Gasteiger partial charge in [-0.25, -0.2) is 9.97 Å². The molecule has 1 heterocycles. The second-order valence-electron chi connectivity index (χ2n) is 6.90. The smallest absolute Gasteiger partial charge is 0.489 e. The third-order valence-electron chi connectivity index (χ3n) is 3.97. The van der Waals surface area contributed by atoms with Crippen molar-refractivity contribution in [3.05, 3.63) is 36.7 Å². The fourth-order valence-electron chi connectivity index (χ4n) is 2.34. The molecule has 0 N–H and O–H groups in total. The summed E-state index contributed by atoms with van der Waals surface area (Å²) in [5.41, 5.74) is 0.457. The number of alkyl halides is 5. The Morgan fingerprint density at radius 3 is 2.16 bits per heavy atom. The molecule has 2 rings (SSSR count). The maximum absolute atomic E-state index is 14.0. The number of rotatable bonds is 13. The van der Waals surface area contributed by atoms with Gasteiger partial charge in [0.25, 0.3) is 0 Å². The van der Waals surface area contributed by atoms with Gasteiger partial charge in [-0.05, 0) is 44.5 Å². The molecular weight excluding hydrogens is 456 g/mol. The number of halogens is 5. The van der Waals surface area contributed by atoms with Crippen LogP contribution in [0.1, 0.15) is 33.6 Å². The fourth-order valence-corrected chi connectivity index (χ4v) is 2.40. The molecule has 2 unspecified atom stereocenters. The number of aromatic nitrogens is 2. The van der Waals surface area contributed by atoms with Crippen molar-refractivity contribution >= 4 is 11.6 Å². The van der Waals surface area contributed by atoms with Gasteiger partial charge >= 0.3 is 12.2 Å². The number of nitrogens with zero attached hydrogens (tertiary/aromatic N) is 2. The van der Waals surface area contributed by atoms with Crippen LogP contribution in [0.3, 0.4) is 0 Å². The van der Waals surface area contributed by atoms with Crippen LogP contribution in [0.4, 0.5) is 17.6 Å². The zero-order valence-electron chi connectivity index (χ0n) is 17.9. The molecule has 11 heteroatoms. The summed E-state index contributed by atoms with van der Waals surface area (Å²) in [6, 6.07) is 4.92. The summed E-state index contributed by atoms with van der Waals surface area (Å²) in [7, 11) is 0. The maximum atomic E-state index is 14.0. The number of unbranched alkanes of at least 4 members (excludes halogenated alkanes) is 1. The Labute approximate surface area is 188 Å². The minimum atomic E-state index is -4.92. The van der Waals surface area contributed by atoms with E-state index < -0.39 is 24.3 Å². The normalized spacial score (nSPS) is 14.1. The highest BCUT2D eigenvalue weighted by Crippen LogP contribution is 2.38. The van der Waals surface area contributed by atoms with E-state index in [4.69, 9.17) is 21.1 Å². The largest absolute Gasteiger partial charge is 0.494 e. The standard InChI is InChI=1S/C21H25ClF4N2O4/c1-4-5-10-29-15(3)31-20(23,24)21(25,26)32-17-8-6-16(7-9-17)19-27-11-18(12-28-19)30-13-14(2)22/h6-9,11-12,14-15H,4-5,10,13H2,1-3H3. The van der Waals surface area contributed by atoms with Gasteiger partial charge in [0.1, 0.15) is 12.4 Å². The van der Waals surface area contributed by atoms with Crippen LogP contribution in [0.25, 0.3) is 11.4 Å². The van der Waals surface area contributed by atoms with Gasteiger partial charge in [0.15, 0.2) is 17.9 Å². The zero-order valence-corrected chi connectivity index (χ0v) is 18.6. The van der Waals surface area contributed by atoms with Crippen LogP contribution < -0.4 is 9.47 Å². The van der Waals surface area contributed by atoms with Crippen LogP contribution in [0.5, 0.6) is 11.5 Å². The van der Waals surface area contributed by atoms with Gasteiger partial charge in [-0.15, -0.1) is 11.6 Å². The van der Waals surface area contributed by atoms with Crippen LogP contribution in [-0.4, -0.2) is 47.1 Å². The Morgan fingerprint density at radius 2 is 1.59 bits per heavy atom. The lowest BCUT2D eigenvalue weighted by Gasteiger charge is -2.28. The van der Waals surface area contributed by atoms with Gasteiger partial charge < -0.3 is 14.2 Å². The van der Waals surface area contributed by atoms with Crippen LogP contribution in [0.2, 0.25) is 0 Å². The lowest BCUT2D eigenvalue weighted by Crippen LogP contribution is -2.49. The van der Waals surface area contributed by atoms with E-state index in [-0.39, 0.29) is 24.4 Å². The molecule has 0 saturated carbocycles. The predicted octanol–water partition coefficient (Wildman–Crippen LogP) is 5.89. The van der Waals surface area contributed by atoms with Gasteiger partial charge in [0.05, 0.1) is 17.8 Å². The van der Waals surface area contributed by atoms with E-state index in [1.807, 2.05) is 6.92 Å². The second kappa shape index (κ2) is 11.6. The lowest BCUT2D eigenvalue weighted by molar-refractivity contribution is -0.434. The number of ether oxygens (including phenoxy) is 4. The van der Waals surface area contributed by atoms with E-state index >= 15 is 0 Å². The Hall–Kier alpha value is -2.17. The van der Waals surface area contributed by atoms with E-state index in [1.165, 1.54) is 24.5 Å². The van der Waals surface area contributed by atoms with Crippen LogP contribution in [-0.2, 0) is 9.47 Å². The van der Waals surface area contributed by atoms with Crippen LogP contribution in [0, 0.1) is 0 Å². The average Bonchev–Trinajstić information content (AvgIpc) is 2.72. The molecule has 0 aliphatic rings. The van der Waals surface area contributed by atoms with Crippen molar-refractivity contribution in [2.75, 3.05) is 13.2 Å². The van der Waals surface area contributed by atoms with Crippen LogP contribution >= 0.6 is 11.6 Å². The lowest BCUT2D eigenvalue weighted by atomic mass is 10.2. The first-order valence-electron chi connectivity index (χ1n) is 9.97. The maximum Gasteiger partial charge on any atom is 0.494 e. The molecule has 0 fully saturated rings. The number of benzene rings is 1. The van der Waals surface area contributed by atoms with Crippen molar-refractivity contribution in [1.29, 1.82) is 0 Å². The molecule has 0 amide bonds. The second-order valence-corrected chi connectivity index (χ2v) is 7.65.